The number of ether oxygens (including phenoxy) is 2. The Labute approximate surface area is 175 Å². The van der Waals surface area contributed by atoms with Crippen LogP contribution >= 0.6 is 23.2 Å². The van der Waals surface area contributed by atoms with Crippen LogP contribution in [0.4, 0.5) is 5.69 Å². The number of carbonyl (C=O) groups is 1. The number of rotatable bonds is 4. The second-order valence-electron chi connectivity index (χ2n) is 6.36. The third-order valence-corrected chi connectivity index (χ3v) is 4.99. The molecule has 3 aromatic rings. The van der Waals surface area contributed by atoms with Crippen LogP contribution in [0.15, 0.2) is 53.3 Å². The van der Waals surface area contributed by atoms with Gasteiger partial charge in [-0.05, 0) is 49.4 Å². The highest BCUT2D eigenvalue weighted by molar-refractivity contribution is 6.35. The molecule has 9 heteroatoms. The number of nitrogens with zero attached hydrogens (tertiary/aromatic N) is 2. The van der Waals surface area contributed by atoms with Crippen molar-refractivity contribution in [3.05, 3.63) is 68.9 Å². The highest BCUT2D eigenvalue weighted by Crippen LogP contribution is 2.35. The van der Waals surface area contributed by atoms with E-state index in [1.165, 1.54) is 12.1 Å². The van der Waals surface area contributed by atoms with Crippen LogP contribution in [0.2, 0.25) is 10.0 Å². The fourth-order valence-electron chi connectivity index (χ4n) is 2.85. The van der Waals surface area contributed by atoms with E-state index in [0.29, 0.717) is 32.9 Å². The number of fused-ring (bicyclic) bond motifs is 1. The van der Waals surface area contributed by atoms with E-state index in [-0.39, 0.29) is 6.79 Å². The predicted octanol–water partition coefficient (Wildman–Crippen LogP) is 4.15. The number of benzene rings is 2. The van der Waals surface area contributed by atoms with E-state index in [1.54, 1.807) is 43.3 Å². The Balaban J connectivity index is 1.62. The Morgan fingerprint density at radius 1 is 1.10 bits per heavy atom. The zero-order valence-electron chi connectivity index (χ0n) is 15.2. The standard InChI is InChI=1S/C20H15Cl2N3O4/c1-11(20(27)23-16-9-13(21)3-4-14(16)22)25-19(26)7-5-15(24-25)12-2-6-17-18(8-12)29-10-28-17/h2-9,11H,10H2,1H3,(H,23,27). The SMILES string of the molecule is CC(C(=O)Nc1cc(Cl)ccc1Cl)n1nc(-c2ccc3c(c2)OCO3)ccc1=O. The molecule has 1 N–H and O–H groups in total. The fraction of sp³-hybridized carbons (Fsp3) is 0.150. The van der Waals surface area contributed by atoms with Crippen LogP contribution in [0.1, 0.15) is 13.0 Å². The summed E-state index contributed by atoms with van der Waals surface area (Å²) in [6, 6.07) is 12.2. The summed E-state index contributed by atoms with van der Waals surface area (Å²) in [5.74, 6) is 0.795. The van der Waals surface area contributed by atoms with E-state index in [1.807, 2.05) is 0 Å². The molecule has 1 aliphatic heterocycles. The molecule has 2 aromatic carbocycles. The van der Waals surface area contributed by atoms with Gasteiger partial charge in [0.25, 0.3) is 5.56 Å². The number of halogens is 2. The van der Waals surface area contributed by atoms with Crippen molar-refractivity contribution in [1.82, 2.24) is 9.78 Å². The zero-order valence-corrected chi connectivity index (χ0v) is 16.7. The lowest BCUT2D eigenvalue weighted by atomic mass is 10.1. The van der Waals surface area contributed by atoms with Gasteiger partial charge in [0.05, 0.1) is 16.4 Å². The highest BCUT2D eigenvalue weighted by Gasteiger charge is 2.20. The van der Waals surface area contributed by atoms with Gasteiger partial charge < -0.3 is 14.8 Å². The maximum atomic E-state index is 12.7. The van der Waals surface area contributed by atoms with E-state index in [0.717, 1.165) is 10.2 Å². The molecule has 2 heterocycles. The van der Waals surface area contributed by atoms with Crippen molar-refractivity contribution in [3.63, 3.8) is 0 Å². The summed E-state index contributed by atoms with van der Waals surface area (Å²) in [6.07, 6.45) is 0. The van der Waals surface area contributed by atoms with Gasteiger partial charge >= 0.3 is 0 Å². The largest absolute Gasteiger partial charge is 0.454 e. The van der Waals surface area contributed by atoms with Crippen LogP contribution in [-0.2, 0) is 4.79 Å². The highest BCUT2D eigenvalue weighted by atomic mass is 35.5. The van der Waals surface area contributed by atoms with Crippen molar-refractivity contribution in [1.29, 1.82) is 0 Å². The quantitative estimate of drug-likeness (QED) is 0.670. The molecule has 29 heavy (non-hydrogen) atoms. The maximum absolute atomic E-state index is 12.7. The number of amides is 1. The van der Waals surface area contributed by atoms with E-state index in [2.05, 4.69) is 10.4 Å². The number of aromatic nitrogens is 2. The molecule has 7 nitrogen and oxygen atoms in total. The Bertz CT molecular complexity index is 1160. The molecule has 1 amide bonds. The van der Waals surface area contributed by atoms with Crippen LogP contribution in [-0.4, -0.2) is 22.5 Å². The van der Waals surface area contributed by atoms with Gasteiger partial charge in [0.1, 0.15) is 6.04 Å². The van der Waals surface area contributed by atoms with E-state index in [9.17, 15) is 9.59 Å². The molecule has 0 bridgehead atoms. The minimum absolute atomic E-state index is 0.162. The molecule has 1 atom stereocenters. The van der Waals surface area contributed by atoms with Crippen LogP contribution in [0.5, 0.6) is 11.5 Å². The zero-order chi connectivity index (χ0) is 20.5. The first-order chi connectivity index (χ1) is 13.9. The predicted molar refractivity (Wildman–Crippen MR) is 110 cm³/mol. The molecule has 1 aromatic heterocycles. The van der Waals surface area contributed by atoms with Crippen molar-refractivity contribution in [2.75, 3.05) is 12.1 Å². The molecule has 148 valence electrons. The summed E-state index contributed by atoms with van der Waals surface area (Å²) in [5.41, 5.74) is 1.20. The molecule has 1 aliphatic rings. The van der Waals surface area contributed by atoms with Crippen molar-refractivity contribution >= 4 is 34.8 Å². The Kier molecular flexibility index (Phi) is 5.17. The van der Waals surface area contributed by atoms with Gasteiger partial charge in [0.15, 0.2) is 11.5 Å². The van der Waals surface area contributed by atoms with Crippen LogP contribution in [0, 0.1) is 0 Å². The normalized spacial score (nSPS) is 13.2. The van der Waals surface area contributed by atoms with E-state index < -0.39 is 17.5 Å². The molecule has 0 aliphatic carbocycles. The molecule has 0 saturated heterocycles. The van der Waals surface area contributed by atoms with Gasteiger partial charge in [-0.3, -0.25) is 9.59 Å². The van der Waals surface area contributed by atoms with Crippen molar-refractivity contribution < 1.29 is 14.3 Å². The number of hydrogen-bond donors (Lipinski definition) is 1. The van der Waals surface area contributed by atoms with Gasteiger partial charge in [-0.1, -0.05) is 23.2 Å². The van der Waals surface area contributed by atoms with Crippen LogP contribution < -0.4 is 20.3 Å². The topological polar surface area (TPSA) is 82.5 Å². The first-order valence-corrected chi connectivity index (χ1v) is 9.44. The number of hydrogen-bond acceptors (Lipinski definition) is 5. The minimum Gasteiger partial charge on any atom is -0.454 e. The second kappa shape index (κ2) is 7.77. The first-order valence-electron chi connectivity index (χ1n) is 8.68. The summed E-state index contributed by atoms with van der Waals surface area (Å²) >= 11 is 12.0. The maximum Gasteiger partial charge on any atom is 0.267 e. The van der Waals surface area contributed by atoms with Gasteiger partial charge in [0, 0.05) is 16.7 Å². The molecule has 0 radical (unpaired) electrons. The minimum atomic E-state index is -0.883. The van der Waals surface area contributed by atoms with Crippen LogP contribution in [0.3, 0.4) is 0 Å². The Hall–Kier alpha value is -3.03. The Morgan fingerprint density at radius 3 is 2.72 bits per heavy atom. The fourth-order valence-corrected chi connectivity index (χ4v) is 3.19. The molecule has 4 rings (SSSR count). The summed E-state index contributed by atoms with van der Waals surface area (Å²) in [6.45, 7) is 1.74. The molecular weight excluding hydrogens is 417 g/mol. The van der Waals surface area contributed by atoms with Gasteiger partial charge in [0.2, 0.25) is 12.7 Å². The van der Waals surface area contributed by atoms with Crippen molar-refractivity contribution in [2.24, 2.45) is 0 Å². The lowest BCUT2D eigenvalue weighted by Gasteiger charge is -2.16. The second-order valence-corrected chi connectivity index (χ2v) is 7.20. The summed E-state index contributed by atoms with van der Waals surface area (Å²) in [5, 5.41) is 7.80. The molecular formula is C20H15Cl2N3O4. The molecule has 0 fully saturated rings. The van der Waals surface area contributed by atoms with Crippen molar-refractivity contribution in [2.45, 2.75) is 13.0 Å². The Morgan fingerprint density at radius 2 is 1.90 bits per heavy atom. The van der Waals surface area contributed by atoms with Gasteiger partial charge in [-0.25, -0.2) is 4.68 Å². The molecule has 0 saturated carbocycles. The smallest absolute Gasteiger partial charge is 0.267 e. The van der Waals surface area contributed by atoms with E-state index in [4.69, 9.17) is 32.7 Å². The number of nitrogens with one attached hydrogen (secondary N) is 1. The lowest BCUT2D eigenvalue weighted by molar-refractivity contribution is -0.119. The van der Waals surface area contributed by atoms with Gasteiger partial charge in [-0.15, -0.1) is 0 Å². The molecule has 0 spiro atoms. The van der Waals surface area contributed by atoms with Crippen molar-refractivity contribution in [3.8, 4) is 22.8 Å². The lowest BCUT2D eigenvalue weighted by Crippen LogP contribution is -2.33. The van der Waals surface area contributed by atoms with Crippen LogP contribution in [0.25, 0.3) is 11.3 Å². The average molecular weight is 432 g/mol. The first kappa shape index (κ1) is 19.3. The van der Waals surface area contributed by atoms with Gasteiger partial charge in [-0.2, -0.15) is 5.10 Å². The molecule has 1 unspecified atom stereocenters. The summed E-state index contributed by atoms with van der Waals surface area (Å²) in [4.78, 5) is 25.0. The third-order valence-electron chi connectivity index (χ3n) is 4.43. The number of anilines is 1. The number of carbonyl (C=O) groups excluding carboxylic acids is 1. The van der Waals surface area contributed by atoms with E-state index >= 15 is 0 Å². The monoisotopic (exact) mass is 431 g/mol. The summed E-state index contributed by atoms with van der Waals surface area (Å²) < 4.78 is 11.8. The summed E-state index contributed by atoms with van der Waals surface area (Å²) in [7, 11) is 0. The average Bonchev–Trinajstić information content (AvgIpc) is 3.18. The third kappa shape index (κ3) is 3.92.